The van der Waals surface area contributed by atoms with Gasteiger partial charge in [0.05, 0.1) is 12.2 Å². The largest absolute Gasteiger partial charge is 0.381 e. The first-order valence-corrected chi connectivity index (χ1v) is 6.62. The molecule has 0 saturated carbocycles. The van der Waals surface area contributed by atoms with Crippen LogP contribution in [-0.2, 0) is 9.47 Å². The van der Waals surface area contributed by atoms with Crippen LogP contribution in [0.4, 0.5) is 0 Å². The molecule has 2 heterocycles. The van der Waals surface area contributed by atoms with Crippen molar-refractivity contribution in [1.29, 1.82) is 0 Å². The molecule has 0 aromatic rings. The first-order chi connectivity index (χ1) is 7.60. The van der Waals surface area contributed by atoms with Gasteiger partial charge in [-0.1, -0.05) is 13.8 Å². The van der Waals surface area contributed by atoms with Crippen molar-refractivity contribution in [2.24, 2.45) is 11.7 Å². The molecule has 2 N–H and O–H groups in total. The van der Waals surface area contributed by atoms with Gasteiger partial charge in [0.15, 0.2) is 0 Å². The third kappa shape index (κ3) is 2.76. The Hall–Kier alpha value is -0.120. The van der Waals surface area contributed by atoms with E-state index in [1.165, 1.54) is 6.42 Å². The van der Waals surface area contributed by atoms with Crippen LogP contribution in [0.2, 0.25) is 0 Å². The lowest BCUT2D eigenvalue weighted by Gasteiger charge is -2.30. The van der Waals surface area contributed by atoms with Gasteiger partial charge in [-0.3, -0.25) is 0 Å². The van der Waals surface area contributed by atoms with E-state index < -0.39 is 0 Å². The summed E-state index contributed by atoms with van der Waals surface area (Å²) in [5.74, 6) is 0.720. The molecule has 2 aliphatic heterocycles. The predicted octanol–water partition coefficient (Wildman–Crippen LogP) is 2.09. The molecule has 0 spiro atoms. The Morgan fingerprint density at radius 1 is 1.38 bits per heavy atom. The van der Waals surface area contributed by atoms with Crippen molar-refractivity contribution >= 4 is 0 Å². The number of hydrogen-bond donors (Lipinski definition) is 1. The van der Waals surface area contributed by atoms with Crippen LogP contribution in [-0.4, -0.2) is 31.0 Å². The maximum absolute atomic E-state index is 6.38. The van der Waals surface area contributed by atoms with Gasteiger partial charge in [0, 0.05) is 18.8 Å². The van der Waals surface area contributed by atoms with Crippen LogP contribution in [0.25, 0.3) is 0 Å². The third-order valence-electron chi connectivity index (χ3n) is 3.91. The first kappa shape index (κ1) is 12.3. The molecule has 0 aromatic carbocycles. The minimum Gasteiger partial charge on any atom is -0.381 e. The summed E-state index contributed by atoms with van der Waals surface area (Å²) < 4.78 is 11.4. The SMILES string of the molecule is CC(C)CCOCCC1(N)CC2CCC1O2. The van der Waals surface area contributed by atoms with E-state index in [9.17, 15) is 0 Å². The molecular formula is C13H25NO2. The molecule has 16 heavy (non-hydrogen) atoms. The van der Waals surface area contributed by atoms with Crippen LogP contribution in [0.15, 0.2) is 0 Å². The van der Waals surface area contributed by atoms with Crippen molar-refractivity contribution in [3.63, 3.8) is 0 Å². The second kappa shape index (κ2) is 5.03. The highest BCUT2D eigenvalue weighted by Crippen LogP contribution is 2.41. The molecule has 0 radical (unpaired) electrons. The summed E-state index contributed by atoms with van der Waals surface area (Å²) >= 11 is 0. The fourth-order valence-corrected chi connectivity index (χ4v) is 2.78. The fourth-order valence-electron chi connectivity index (χ4n) is 2.78. The summed E-state index contributed by atoms with van der Waals surface area (Å²) in [6, 6.07) is 0. The zero-order valence-corrected chi connectivity index (χ0v) is 10.6. The van der Waals surface area contributed by atoms with Gasteiger partial charge < -0.3 is 15.2 Å². The molecule has 3 heteroatoms. The van der Waals surface area contributed by atoms with Crippen molar-refractivity contribution in [2.75, 3.05) is 13.2 Å². The van der Waals surface area contributed by atoms with Gasteiger partial charge in [-0.05, 0) is 38.0 Å². The smallest absolute Gasteiger partial charge is 0.0761 e. The molecule has 2 saturated heterocycles. The number of fused-ring (bicyclic) bond motifs is 2. The van der Waals surface area contributed by atoms with E-state index in [4.69, 9.17) is 15.2 Å². The maximum Gasteiger partial charge on any atom is 0.0761 e. The maximum atomic E-state index is 6.38. The van der Waals surface area contributed by atoms with Gasteiger partial charge in [-0.15, -0.1) is 0 Å². The third-order valence-corrected chi connectivity index (χ3v) is 3.91. The van der Waals surface area contributed by atoms with Gasteiger partial charge in [0.2, 0.25) is 0 Å². The van der Waals surface area contributed by atoms with Gasteiger partial charge in [-0.25, -0.2) is 0 Å². The minimum atomic E-state index is -0.0965. The van der Waals surface area contributed by atoms with Gasteiger partial charge >= 0.3 is 0 Å². The number of nitrogens with two attached hydrogens (primary N) is 1. The average molecular weight is 227 g/mol. The monoisotopic (exact) mass is 227 g/mol. The van der Waals surface area contributed by atoms with E-state index in [-0.39, 0.29) is 5.54 Å². The van der Waals surface area contributed by atoms with Crippen molar-refractivity contribution in [1.82, 2.24) is 0 Å². The van der Waals surface area contributed by atoms with Crippen LogP contribution in [0, 0.1) is 5.92 Å². The molecular weight excluding hydrogens is 202 g/mol. The lowest BCUT2D eigenvalue weighted by molar-refractivity contribution is 0.0638. The molecule has 94 valence electrons. The van der Waals surface area contributed by atoms with Crippen molar-refractivity contribution in [3.8, 4) is 0 Å². The van der Waals surface area contributed by atoms with Crippen LogP contribution in [0.5, 0.6) is 0 Å². The molecule has 2 rings (SSSR count). The van der Waals surface area contributed by atoms with Gasteiger partial charge in [-0.2, -0.15) is 0 Å². The van der Waals surface area contributed by atoms with E-state index in [1.54, 1.807) is 0 Å². The van der Waals surface area contributed by atoms with E-state index in [0.717, 1.165) is 44.8 Å². The average Bonchev–Trinajstić information content (AvgIpc) is 2.76. The van der Waals surface area contributed by atoms with E-state index in [1.807, 2.05) is 0 Å². The molecule has 0 aromatic heterocycles. The van der Waals surface area contributed by atoms with E-state index in [2.05, 4.69) is 13.8 Å². The summed E-state index contributed by atoms with van der Waals surface area (Å²) in [4.78, 5) is 0. The zero-order valence-electron chi connectivity index (χ0n) is 10.6. The predicted molar refractivity (Wildman–Crippen MR) is 64.3 cm³/mol. The summed E-state index contributed by atoms with van der Waals surface area (Å²) in [5, 5.41) is 0. The number of hydrogen-bond acceptors (Lipinski definition) is 3. The molecule has 2 aliphatic rings. The Bertz CT molecular complexity index is 232. The Morgan fingerprint density at radius 2 is 2.19 bits per heavy atom. The molecule has 3 nitrogen and oxygen atoms in total. The Balaban J connectivity index is 1.63. The Kier molecular flexibility index (Phi) is 3.88. The van der Waals surface area contributed by atoms with Crippen LogP contribution in [0.1, 0.15) is 46.0 Å². The van der Waals surface area contributed by atoms with E-state index >= 15 is 0 Å². The molecule has 3 atom stereocenters. The second-order valence-electron chi connectivity index (χ2n) is 5.81. The van der Waals surface area contributed by atoms with Crippen LogP contribution < -0.4 is 5.73 Å². The fraction of sp³-hybridized carbons (Fsp3) is 1.00. The van der Waals surface area contributed by atoms with Crippen LogP contribution in [0.3, 0.4) is 0 Å². The highest BCUT2D eigenvalue weighted by molar-refractivity contribution is 5.04. The Morgan fingerprint density at radius 3 is 2.75 bits per heavy atom. The Labute approximate surface area is 98.7 Å². The van der Waals surface area contributed by atoms with Gasteiger partial charge in [0.1, 0.15) is 0 Å². The zero-order chi connectivity index (χ0) is 11.6. The summed E-state index contributed by atoms with van der Waals surface area (Å²) in [6.45, 7) is 6.09. The molecule has 0 amide bonds. The second-order valence-corrected chi connectivity index (χ2v) is 5.81. The molecule has 3 unspecified atom stereocenters. The highest BCUT2D eigenvalue weighted by Gasteiger charge is 2.49. The molecule has 0 aliphatic carbocycles. The van der Waals surface area contributed by atoms with Crippen molar-refractivity contribution < 1.29 is 9.47 Å². The summed E-state index contributed by atoms with van der Waals surface area (Å²) in [5.41, 5.74) is 6.28. The van der Waals surface area contributed by atoms with Crippen molar-refractivity contribution in [3.05, 3.63) is 0 Å². The summed E-state index contributed by atoms with van der Waals surface area (Å²) in [6.07, 6.45) is 6.21. The quantitative estimate of drug-likeness (QED) is 0.707. The number of rotatable bonds is 6. The van der Waals surface area contributed by atoms with Gasteiger partial charge in [0.25, 0.3) is 0 Å². The minimum absolute atomic E-state index is 0.0965. The summed E-state index contributed by atoms with van der Waals surface area (Å²) in [7, 11) is 0. The van der Waals surface area contributed by atoms with Crippen LogP contribution >= 0.6 is 0 Å². The lowest BCUT2D eigenvalue weighted by atomic mass is 9.80. The molecule has 2 bridgehead atoms. The van der Waals surface area contributed by atoms with Crippen molar-refractivity contribution in [2.45, 2.75) is 63.7 Å². The normalized spacial score (nSPS) is 37.5. The van der Waals surface area contributed by atoms with E-state index in [0.29, 0.717) is 12.2 Å². The highest BCUT2D eigenvalue weighted by atomic mass is 16.5. The number of ether oxygens (including phenoxy) is 2. The lowest BCUT2D eigenvalue weighted by Crippen LogP contribution is -2.49. The topological polar surface area (TPSA) is 44.5 Å². The molecule has 2 fully saturated rings. The standard InChI is InChI=1S/C13H25NO2/c1-10(2)5-7-15-8-6-13(14)9-11-3-4-12(13)16-11/h10-12H,3-9,14H2,1-2H3. The first-order valence-electron chi connectivity index (χ1n) is 6.62.